The molecule has 8 heteroatoms. The van der Waals surface area contributed by atoms with Crippen LogP contribution in [0, 0.1) is 5.92 Å². The molecule has 5 nitrogen and oxygen atoms in total. The summed E-state index contributed by atoms with van der Waals surface area (Å²) in [6.45, 7) is 9.03. The van der Waals surface area contributed by atoms with Crippen molar-refractivity contribution in [1.29, 1.82) is 0 Å². The second-order valence-electron chi connectivity index (χ2n) is 6.31. The second kappa shape index (κ2) is 11.3. The fourth-order valence-corrected chi connectivity index (χ4v) is 5.03. The van der Waals surface area contributed by atoms with Crippen LogP contribution in [-0.4, -0.2) is 54.7 Å². The van der Waals surface area contributed by atoms with Crippen molar-refractivity contribution < 1.29 is 18.9 Å². The van der Waals surface area contributed by atoms with Gasteiger partial charge in [0, 0.05) is 36.6 Å². The number of carbonyl (C=O) groups excluding carboxylic acids is 2. The summed E-state index contributed by atoms with van der Waals surface area (Å²) in [5.74, 6) is 1.90. The lowest BCUT2D eigenvalue weighted by molar-refractivity contribution is -0.139. The van der Waals surface area contributed by atoms with Crippen molar-refractivity contribution in [3.63, 3.8) is 0 Å². The molecule has 1 aliphatic heterocycles. The maximum atomic E-state index is 11.8. The summed E-state index contributed by atoms with van der Waals surface area (Å²) >= 11 is 0. The van der Waals surface area contributed by atoms with Crippen LogP contribution >= 0.6 is 21.6 Å². The third-order valence-corrected chi connectivity index (χ3v) is 6.12. The number of nitrogens with zero attached hydrogens (tertiary/aromatic N) is 1. The number of hydrogen-bond donors (Lipinski definition) is 0. The van der Waals surface area contributed by atoms with Gasteiger partial charge in [0.15, 0.2) is 0 Å². The average molecular weight is 360 g/mol. The normalized spacial score (nSPS) is 15.4. The molecule has 0 aromatic heterocycles. The third kappa shape index (κ3) is 8.91. The van der Waals surface area contributed by atoms with E-state index in [-0.39, 0.29) is 11.9 Å². The molecule has 0 N–H and O–H groups in total. The quantitative estimate of drug-likeness (QED) is 0.439. The van der Waals surface area contributed by atoms with E-state index < -0.39 is 0 Å². The zero-order valence-electron chi connectivity index (χ0n) is 14.4. The van der Waals surface area contributed by atoms with Gasteiger partial charge < -0.3 is 9.31 Å². The molecule has 23 heavy (non-hydrogen) atoms. The lowest BCUT2D eigenvalue weighted by Crippen LogP contribution is -2.43. The maximum Gasteiger partial charge on any atom is 0.662 e. The Bertz CT molecular complexity index is 376. The fourth-order valence-electron chi connectivity index (χ4n) is 2.23. The number of hydrogen-bond acceptors (Lipinski definition) is 7. The predicted octanol–water partition coefficient (Wildman–Crippen LogP) is 2.91. The van der Waals surface area contributed by atoms with Gasteiger partial charge in [-0.15, -0.1) is 0 Å². The zero-order chi connectivity index (χ0) is 17.2. The second-order valence-corrected chi connectivity index (χ2v) is 8.87. The van der Waals surface area contributed by atoms with Crippen LogP contribution < -0.4 is 0 Å². The molecule has 0 bridgehead atoms. The molecule has 1 heterocycles. The lowest BCUT2D eigenvalue weighted by atomic mass is 10.1. The van der Waals surface area contributed by atoms with E-state index >= 15 is 0 Å². The molecular weight excluding hydrogens is 333 g/mol. The van der Waals surface area contributed by atoms with E-state index in [0.717, 1.165) is 25.6 Å². The largest absolute Gasteiger partial charge is 0.662 e. The summed E-state index contributed by atoms with van der Waals surface area (Å²) in [6, 6.07) is 0.903. The van der Waals surface area contributed by atoms with E-state index in [1.165, 1.54) is 0 Å². The minimum Gasteiger partial charge on any atom is -0.500 e. The summed E-state index contributed by atoms with van der Waals surface area (Å²) in [5, 5.41) is 0. The highest BCUT2D eigenvalue weighted by Crippen LogP contribution is 2.34. The van der Waals surface area contributed by atoms with E-state index in [2.05, 4.69) is 18.7 Å². The average Bonchev–Trinajstić information content (AvgIpc) is 2.99. The molecule has 131 valence electrons. The van der Waals surface area contributed by atoms with Crippen molar-refractivity contribution in [1.82, 2.24) is 4.90 Å². The highest BCUT2D eigenvalue weighted by Gasteiger charge is 2.26. The molecule has 1 fully saturated rings. The third-order valence-electron chi connectivity index (χ3n) is 3.60. The minimum atomic E-state index is -0.370. The molecule has 0 amide bonds. The fraction of sp³-hybridized carbons (Fsp3) is 0.867. The van der Waals surface area contributed by atoms with Crippen molar-refractivity contribution in [2.45, 2.75) is 59.0 Å². The molecule has 1 rings (SSSR count). The van der Waals surface area contributed by atoms with Crippen LogP contribution in [0.3, 0.4) is 0 Å². The smallest absolute Gasteiger partial charge is 0.500 e. The first-order valence-corrected chi connectivity index (χ1v) is 10.6. The Hall–Kier alpha value is -0.335. The number of carbonyl (C=O) groups is 2. The van der Waals surface area contributed by atoms with Gasteiger partial charge in [-0.2, -0.15) is 0 Å². The Kier molecular flexibility index (Phi) is 10.1. The lowest BCUT2D eigenvalue weighted by Gasteiger charge is -2.31. The summed E-state index contributed by atoms with van der Waals surface area (Å²) in [4.78, 5) is 25.5. The Balaban J connectivity index is 2.18. The first-order chi connectivity index (χ1) is 10.9. The van der Waals surface area contributed by atoms with E-state index in [4.69, 9.17) is 9.31 Å². The van der Waals surface area contributed by atoms with E-state index in [1.54, 1.807) is 0 Å². The van der Waals surface area contributed by atoms with Gasteiger partial charge in [0.25, 0.3) is 11.9 Å². The summed E-state index contributed by atoms with van der Waals surface area (Å²) in [5.41, 5.74) is 0. The Labute approximate surface area is 148 Å². The maximum absolute atomic E-state index is 11.8. The van der Waals surface area contributed by atoms with Gasteiger partial charge in [-0.1, -0.05) is 35.4 Å². The zero-order valence-corrected chi connectivity index (χ0v) is 16.1. The summed E-state index contributed by atoms with van der Waals surface area (Å²) in [7, 11) is 4.63. The van der Waals surface area contributed by atoms with Crippen LogP contribution in [-0.2, 0) is 18.9 Å². The SMILES string of the molecule is CC(C)CCC(=O)O[B]OC(=O)CCN(C(C)C)C1CSSC1. The first kappa shape index (κ1) is 20.7. The Morgan fingerprint density at radius 3 is 2.17 bits per heavy atom. The summed E-state index contributed by atoms with van der Waals surface area (Å²) < 4.78 is 9.66. The van der Waals surface area contributed by atoms with Crippen molar-refractivity contribution in [3.8, 4) is 0 Å². The van der Waals surface area contributed by atoms with Crippen molar-refractivity contribution in [2.75, 3.05) is 18.1 Å². The van der Waals surface area contributed by atoms with Crippen LogP contribution in [0.25, 0.3) is 0 Å². The van der Waals surface area contributed by atoms with Crippen LogP contribution in [0.15, 0.2) is 0 Å². The minimum absolute atomic E-state index is 0.296. The van der Waals surface area contributed by atoms with Gasteiger partial charge in [0.2, 0.25) is 0 Å². The van der Waals surface area contributed by atoms with E-state index in [9.17, 15) is 9.59 Å². The van der Waals surface area contributed by atoms with E-state index in [0.29, 0.717) is 37.4 Å². The van der Waals surface area contributed by atoms with Crippen molar-refractivity contribution in [2.24, 2.45) is 5.92 Å². The molecule has 0 unspecified atom stereocenters. The molecule has 1 radical (unpaired) electrons. The molecule has 1 saturated heterocycles. The highest BCUT2D eigenvalue weighted by molar-refractivity contribution is 8.77. The van der Waals surface area contributed by atoms with Crippen LogP contribution in [0.5, 0.6) is 0 Å². The van der Waals surface area contributed by atoms with Crippen LogP contribution in [0.4, 0.5) is 0 Å². The van der Waals surface area contributed by atoms with Gasteiger partial charge in [-0.05, 0) is 26.2 Å². The first-order valence-electron chi connectivity index (χ1n) is 8.11. The van der Waals surface area contributed by atoms with Gasteiger partial charge in [0.05, 0.1) is 6.42 Å². The molecule has 0 aromatic rings. The summed E-state index contributed by atoms with van der Waals surface area (Å²) in [6.07, 6.45) is 1.40. The molecule has 0 spiro atoms. The van der Waals surface area contributed by atoms with Crippen molar-refractivity contribution in [3.05, 3.63) is 0 Å². The van der Waals surface area contributed by atoms with Gasteiger partial charge in [-0.3, -0.25) is 14.5 Å². The van der Waals surface area contributed by atoms with E-state index in [1.807, 2.05) is 35.4 Å². The topological polar surface area (TPSA) is 55.8 Å². The van der Waals surface area contributed by atoms with Gasteiger partial charge in [0.1, 0.15) is 0 Å². The number of rotatable bonds is 10. The molecule has 0 atom stereocenters. The highest BCUT2D eigenvalue weighted by atomic mass is 33.1. The molecular formula is C15H27BNO4S2. The Morgan fingerprint density at radius 2 is 1.65 bits per heavy atom. The van der Waals surface area contributed by atoms with Gasteiger partial charge >= 0.3 is 7.69 Å². The molecule has 1 aliphatic rings. The molecule has 0 aliphatic carbocycles. The molecule has 0 saturated carbocycles. The van der Waals surface area contributed by atoms with Crippen molar-refractivity contribution >= 4 is 41.2 Å². The van der Waals surface area contributed by atoms with Crippen LogP contribution in [0.1, 0.15) is 47.0 Å². The standard InChI is InChI=1S/C15H27BNO4S2/c1-11(2)5-6-14(18)20-16-21-15(19)7-8-17(12(3)4)13-9-22-23-10-13/h11-13H,5-10H2,1-4H3. The molecule has 0 aromatic carbocycles. The predicted molar refractivity (Wildman–Crippen MR) is 97.2 cm³/mol. The van der Waals surface area contributed by atoms with Gasteiger partial charge in [-0.25, -0.2) is 0 Å². The Morgan fingerprint density at radius 1 is 1.09 bits per heavy atom. The van der Waals surface area contributed by atoms with Crippen LogP contribution in [0.2, 0.25) is 0 Å². The monoisotopic (exact) mass is 360 g/mol.